The van der Waals surface area contributed by atoms with E-state index in [1.807, 2.05) is 42.2 Å². The van der Waals surface area contributed by atoms with Crippen molar-refractivity contribution in [3.8, 4) is 0 Å². The first kappa shape index (κ1) is 20.3. The summed E-state index contributed by atoms with van der Waals surface area (Å²) in [6, 6.07) is 9.62. The first-order valence-electron chi connectivity index (χ1n) is 10.8. The number of likely N-dealkylation sites (tertiary alicyclic amines) is 1. The van der Waals surface area contributed by atoms with E-state index in [1.165, 1.54) is 0 Å². The number of nitrogens with one attached hydrogen (secondary N) is 1. The van der Waals surface area contributed by atoms with Gasteiger partial charge in [-0.1, -0.05) is 17.7 Å². The maximum atomic E-state index is 12.9. The van der Waals surface area contributed by atoms with Crippen LogP contribution in [0.25, 0.3) is 0 Å². The van der Waals surface area contributed by atoms with Crippen molar-refractivity contribution in [2.45, 2.75) is 38.6 Å². The largest absolute Gasteiger partial charge is 0.353 e. The SMILES string of the molecule is Cc1ccc(C(=O)N2CCCC(C(=O)NC3CCN(c4ncccn4)CC3)C2)cc1. The number of hydrogen-bond donors (Lipinski definition) is 1. The topological polar surface area (TPSA) is 78.4 Å². The monoisotopic (exact) mass is 407 g/mol. The highest BCUT2D eigenvalue weighted by Gasteiger charge is 2.31. The van der Waals surface area contributed by atoms with Crippen LogP contribution in [0.5, 0.6) is 0 Å². The van der Waals surface area contributed by atoms with Crippen molar-refractivity contribution in [1.29, 1.82) is 0 Å². The van der Waals surface area contributed by atoms with E-state index < -0.39 is 0 Å². The average molecular weight is 408 g/mol. The molecule has 7 heteroatoms. The highest BCUT2D eigenvalue weighted by Crippen LogP contribution is 2.21. The van der Waals surface area contributed by atoms with E-state index in [2.05, 4.69) is 20.2 Å². The maximum absolute atomic E-state index is 12.9. The molecule has 7 nitrogen and oxygen atoms in total. The highest BCUT2D eigenvalue weighted by molar-refractivity contribution is 5.94. The fourth-order valence-corrected chi connectivity index (χ4v) is 4.25. The highest BCUT2D eigenvalue weighted by atomic mass is 16.2. The van der Waals surface area contributed by atoms with Gasteiger partial charge < -0.3 is 15.1 Å². The second-order valence-electron chi connectivity index (χ2n) is 8.28. The second kappa shape index (κ2) is 9.24. The molecule has 1 aromatic heterocycles. The molecule has 0 radical (unpaired) electrons. The van der Waals surface area contributed by atoms with Gasteiger partial charge >= 0.3 is 0 Å². The van der Waals surface area contributed by atoms with E-state index in [9.17, 15) is 9.59 Å². The van der Waals surface area contributed by atoms with Gasteiger partial charge in [0.05, 0.1) is 5.92 Å². The first-order chi connectivity index (χ1) is 14.6. The number of carbonyl (C=O) groups is 2. The summed E-state index contributed by atoms with van der Waals surface area (Å²) < 4.78 is 0. The quantitative estimate of drug-likeness (QED) is 0.842. The van der Waals surface area contributed by atoms with E-state index >= 15 is 0 Å². The van der Waals surface area contributed by atoms with Crippen LogP contribution in [-0.4, -0.2) is 58.9 Å². The predicted octanol–water partition coefficient (Wildman–Crippen LogP) is 2.42. The summed E-state index contributed by atoms with van der Waals surface area (Å²) in [6.45, 7) is 4.88. The maximum Gasteiger partial charge on any atom is 0.253 e. The average Bonchev–Trinajstić information content (AvgIpc) is 2.80. The van der Waals surface area contributed by atoms with Crippen molar-refractivity contribution in [3.63, 3.8) is 0 Å². The van der Waals surface area contributed by atoms with Crippen LogP contribution in [-0.2, 0) is 4.79 Å². The van der Waals surface area contributed by atoms with E-state index in [1.54, 1.807) is 12.4 Å². The number of carbonyl (C=O) groups excluding carboxylic acids is 2. The zero-order valence-corrected chi connectivity index (χ0v) is 17.5. The molecule has 2 fully saturated rings. The van der Waals surface area contributed by atoms with Gasteiger partial charge in [0.15, 0.2) is 0 Å². The molecule has 1 N–H and O–H groups in total. The van der Waals surface area contributed by atoms with Crippen LogP contribution < -0.4 is 10.2 Å². The molecule has 0 saturated carbocycles. The minimum Gasteiger partial charge on any atom is -0.353 e. The fourth-order valence-electron chi connectivity index (χ4n) is 4.25. The third-order valence-electron chi connectivity index (χ3n) is 6.05. The van der Waals surface area contributed by atoms with Gasteiger partial charge in [0.2, 0.25) is 11.9 Å². The second-order valence-corrected chi connectivity index (χ2v) is 8.28. The van der Waals surface area contributed by atoms with E-state index in [0.717, 1.165) is 50.3 Å². The molecule has 2 aliphatic rings. The van der Waals surface area contributed by atoms with Crippen LogP contribution in [0.2, 0.25) is 0 Å². The fraction of sp³-hybridized carbons (Fsp3) is 0.478. The smallest absolute Gasteiger partial charge is 0.253 e. The molecule has 158 valence electrons. The Hall–Kier alpha value is -2.96. The van der Waals surface area contributed by atoms with Crippen LogP contribution in [0.4, 0.5) is 5.95 Å². The summed E-state index contributed by atoms with van der Waals surface area (Å²) in [5.41, 5.74) is 1.82. The molecule has 1 unspecified atom stereocenters. The number of nitrogens with zero attached hydrogens (tertiary/aromatic N) is 4. The number of benzene rings is 1. The number of aryl methyl sites for hydroxylation is 1. The van der Waals surface area contributed by atoms with Gasteiger partial charge in [-0.2, -0.15) is 0 Å². The third kappa shape index (κ3) is 4.78. The van der Waals surface area contributed by atoms with E-state index in [0.29, 0.717) is 18.7 Å². The molecule has 0 spiro atoms. The Bertz CT molecular complexity index is 863. The summed E-state index contributed by atoms with van der Waals surface area (Å²) in [4.78, 5) is 38.3. The van der Waals surface area contributed by atoms with Crippen molar-refractivity contribution >= 4 is 17.8 Å². The first-order valence-corrected chi connectivity index (χ1v) is 10.8. The number of aromatic nitrogens is 2. The molecule has 2 amide bonds. The Morgan fingerprint density at radius 3 is 2.40 bits per heavy atom. The molecular weight excluding hydrogens is 378 g/mol. The van der Waals surface area contributed by atoms with Crippen molar-refractivity contribution in [1.82, 2.24) is 20.2 Å². The van der Waals surface area contributed by atoms with Gasteiger partial charge in [-0.15, -0.1) is 0 Å². The Morgan fingerprint density at radius 2 is 1.70 bits per heavy atom. The molecular formula is C23H29N5O2. The van der Waals surface area contributed by atoms with Crippen LogP contribution in [0.15, 0.2) is 42.7 Å². The van der Waals surface area contributed by atoms with Crippen molar-refractivity contribution < 1.29 is 9.59 Å². The van der Waals surface area contributed by atoms with Gasteiger partial charge in [0.25, 0.3) is 5.91 Å². The lowest BCUT2D eigenvalue weighted by atomic mass is 9.95. The Kier molecular flexibility index (Phi) is 6.26. The summed E-state index contributed by atoms with van der Waals surface area (Å²) in [5, 5.41) is 3.22. The normalized spacial score (nSPS) is 20.1. The number of piperidine rings is 2. The number of rotatable bonds is 4. The standard InChI is InChI=1S/C23H29N5O2/c1-17-5-7-18(8-6-17)22(30)28-13-2-4-19(16-28)21(29)26-20-9-14-27(15-10-20)23-24-11-3-12-25-23/h3,5-8,11-12,19-20H,2,4,9-10,13-16H2,1H3,(H,26,29). The lowest BCUT2D eigenvalue weighted by molar-refractivity contribution is -0.127. The molecule has 2 aliphatic heterocycles. The van der Waals surface area contributed by atoms with Gasteiger partial charge in [0, 0.05) is 50.2 Å². The van der Waals surface area contributed by atoms with Crippen LogP contribution >= 0.6 is 0 Å². The van der Waals surface area contributed by atoms with Crippen LogP contribution in [0.1, 0.15) is 41.6 Å². The van der Waals surface area contributed by atoms with Gasteiger partial charge in [-0.05, 0) is 50.8 Å². The molecule has 0 aliphatic carbocycles. The number of amides is 2. The zero-order chi connectivity index (χ0) is 20.9. The lowest BCUT2D eigenvalue weighted by Crippen LogP contribution is -2.50. The predicted molar refractivity (Wildman–Crippen MR) is 115 cm³/mol. The molecule has 4 rings (SSSR count). The molecule has 2 saturated heterocycles. The van der Waals surface area contributed by atoms with Gasteiger partial charge in [0.1, 0.15) is 0 Å². The summed E-state index contributed by atoms with van der Waals surface area (Å²) >= 11 is 0. The summed E-state index contributed by atoms with van der Waals surface area (Å²) in [7, 11) is 0. The van der Waals surface area contributed by atoms with E-state index in [4.69, 9.17) is 0 Å². The number of anilines is 1. The van der Waals surface area contributed by atoms with Crippen molar-refractivity contribution in [3.05, 3.63) is 53.9 Å². The zero-order valence-electron chi connectivity index (χ0n) is 17.5. The van der Waals surface area contributed by atoms with Crippen LogP contribution in [0.3, 0.4) is 0 Å². The molecule has 0 bridgehead atoms. The van der Waals surface area contributed by atoms with Gasteiger partial charge in [-0.3, -0.25) is 9.59 Å². The number of hydrogen-bond acceptors (Lipinski definition) is 5. The van der Waals surface area contributed by atoms with Crippen LogP contribution in [0, 0.1) is 12.8 Å². The Labute approximate surface area is 177 Å². The molecule has 1 atom stereocenters. The molecule has 3 heterocycles. The minimum atomic E-state index is -0.136. The molecule has 1 aromatic carbocycles. The van der Waals surface area contributed by atoms with Crippen molar-refractivity contribution in [2.24, 2.45) is 5.92 Å². The van der Waals surface area contributed by atoms with Crippen molar-refractivity contribution in [2.75, 3.05) is 31.1 Å². The van der Waals surface area contributed by atoms with E-state index in [-0.39, 0.29) is 23.8 Å². The molecule has 30 heavy (non-hydrogen) atoms. The third-order valence-corrected chi connectivity index (χ3v) is 6.05. The Balaban J connectivity index is 1.28. The lowest BCUT2D eigenvalue weighted by Gasteiger charge is -2.35. The molecule has 2 aromatic rings. The van der Waals surface area contributed by atoms with Gasteiger partial charge in [-0.25, -0.2) is 9.97 Å². The summed E-state index contributed by atoms with van der Waals surface area (Å²) in [5.74, 6) is 0.706. The Morgan fingerprint density at radius 1 is 1.00 bits per heavy atom. The minimum absolute atomic E-state index is 0.0173. The summed E-state index contributed by atoms with van der Waals surface area (Å²) in [6.07, 6.45) is 6.96.